The number of thioether (sulfide) groups is 1. The number of likely N-dealkylation sites (tertiary alicyclic amines) is 2. The highest BCUT2D eigenvalue weighted by Crippen LogP contribution is 2.40. The highest BCUT2D eigenvalue weighted by atomic mass is 32.2. The number of nitrogens with one attached hydrogen (secondary N) is 1. The minimum absolute atomic E-state index is 0.0524. The SMILES string of the molecule is CCc1nc(SCC(=O)N2CCC3(CCCN(CCOC)C3=O)C2)n[nH]1. The predicted molar refractivity (Wildman–Crippen MR) is 97.8 cm³/mol. The number of aromatic amines is 1. The van der Waals surface area contributed by atoms with Crippen LogP contribution in [0, 0.1) is 5.41 Å². The Morgan fingerprint density at radius 3 is 2.96 bits per heavy atom. The number of aromatic nitrogens is 3. The maximum atomic E-state index is 12.9. The summed E-state index contributed by atoms with van der Waals surface area (Å²) >= 11 is 1.34. The van der Waals surface area contributed by atoms with E-state index in [2.05, 4.69) is 15.2 Å². The number of carbonyl (C=O) groups is 2. The van der Waals surface area contributed by atoms with Crippen molar-refractivity contribution in [2.45, 2.75) is 37.8 Å². The number of nitrogens with zero attached hydrogens (tertiary/aromatic N) is 4. The molecule has 2 aliphatic heterocycles. The van der Waals surface area contributed by atoms with E-state index in [4.69, 9.17) is 4.74 Å². The highest BCUT2D eigenvalue weighted by molar-refractivity contribution is 7.99. The molecule has 3 rings (SSSR count). The predicted octanol–water partition coefficient (Wildman–Crippen LogP) is 0.947. The second-order valence-electron chi connectivity index (χ2n) is 6.94. The van der Waals surface area contributed by atoms with Crippen LogP contribution < -0.4 is 0 Å². The summed E-state index contributed by atoms with van der Waals surface area (Å²) in [6.07, 6.45) is 3.40. The van der Waals surface area contributed by atoms with Crippen molar-refractivity contribution < 1.29 is 14.3 Å². The largest absolute Gasteiger partial charge is 0.383 e. The van der Waals surface area contributed by atoms with Crippen LogP contribution in [-0.4, -0.2) is 82.4 Å². The summed E-state index contributed by atoms with van der Waals surface area (Å²) in [5.41, 5.74) is -0.397. The Labute approximate surface area is 158 Å². The molecule has 26 heavy (non-hydrogen) atoms. The van der Waals surface area contributed by atoms with Gasteiger partial charge in [-0.1, -0.05) is 18.7 Å². The van der Waals surface area contributed by atoms with Gasteiger partial charge in [-0.3, -0.25) is 14.7 Å². The van der Waals surface area contributed by atoms with E-state index in [9.17, 15) is 9.59 Å². The van der Waals surface area contributed by atoms with Crippen LogP contribution in [0.4, 0.5) is 0 Å². The quantitative estimate of drug-likeness (QED) is 0.707. The summed E-state index contributed by atoms with van der Waals surface area (Å²) in [7, 11) is 1.65. The van der Waals surface area contributed by atoms with Crippen LogP contribution in [-0.2, 0) is 20.7 Å². The van der Waals surface area contributed by atoms with Crippen LogP contribution in [0.15, 0.2) is 5.16 Å². The van der Waals surface area contributed by atoms with Crippen LogP contribution >= 0.6 is 11.8 Å². The Balaban J connectivity index is 1.54. The van der Waals surface area contributed by atoms with Gasteiger partial charge in [0.1, 0.15) is 5.82 Å². The molecule has 2 aliphatic rings. The van der Waals surface area contributed by atoms with E-state index in [0.29, 0.717) is 37.2 Å². The maximum absolute atomic E-state index is 12.9. The van der Waals surface area contributed by atoms with Crippen molar-refractivity contribution in [2.75, 3.05) is 45.6 Å². The number of H-pyrrole nitrogens is 1. The lowest BCUT2D eigenvalue weighted by molar-refractivity contribution is -0.146. The van der Waals surface area contributed by atoms with Crippen molar-refractivity contribution in [3.05, 3.63) is 5.82 Å². The molecule has 1 unspecified atom stereocenters. The van der Waals surface area contributed by atoms with Gasteiger partial charge in [-0.2, -0.15) is 0 Å². The van der Waals surface area contributed by atoms with Gasteiger partial charge in [-0.25, -0.2) is 4.98 Å². The average molecular weight is 382 g/mol. The van der Waals surface area contributed by atoms with Crippen molar-refractivity contribution in [2.24, 2.45) is 5.41 Å². The minimum Gasteiger partial charge on any atom is -0.383 e. The highest BCUT2D eigenvalue weighted by Gasteiger charge is 2.49. The van der Waals surface area contributed by atoms with Gasteiger partial charge >= 0.3 is 0 Å². The molecule has 0 saturated carbocycles. The smallest absolute Gasteiger partial charge is 0.233 e. The zero-order valence-corrected chi connectivity index (χ0v) is 16.3. The van der Waals surface area contributed by atoms with Gasteiger partial charge in [0.25, 0.3) is 0 Å². The molecular weight excluding hydrogens is 354 g/mol. The molecule has 0 bridgehead atoms. The van der Waals surface area contributed by atoms with Crippen molar-refractivity contribution >= 4 is 23.6 Å². The maximum Gasteiger partial charge on any atom is 0.233 e. The molecule has 9 heteroatoms. The zero-order chi connectivity index (χ0) is 18.6. The van der Waals surface area contributed by atoms with Crippen LogP contribution in [0.3, 0.4) is 0 Å². The van der Waals surface area contributed by atoms with Crippen molar-refractivity contribution in [3.63, 3.8) is 0 Å². The third-order valence-electron chi connectivity index (χ3n) is 5.27. The molecule has 1 N–H and O–H groups in total. The molecule has 0 radical (unpaired) electrons. The van der Waals surface area contributed by atoms with Crippen LogP contribution in [0.2, 0.25) is 0 Å². The van der Waals surface area contributed by atoms with Crippen molar-refractivity contribution in [1.29, 1.82) is 0 Å². The number of hydrogen-bond donors (Lipinski definition) is 1. The Morgan fingerprint density at radius 2 is 2.23 bits per heavy atom. The van der Waals surface area contributed by atoms with Crippen LogP contribution in [0.1, 0.15) is 32.0 Å². The molecule has 2 amide bonds. The number of carbonyl (C=O) groups excluding carboxylic acids is 2. The summed E-state index contributed by atoms with van der Waals surface area (Å²) in [6.45, 7) is 5.16. The first kappa shape index (κ1) is 19.2. The Kier molecular flexibility index (Phi) is 6.18. The third kappa shape index (κ3) is 4.03. The first-order valence-corrected chi connectivity index (χ1v) is 10.2. The fourth-order valence-electron chi connectivity index (χ4n) is 3.75. The van der Waals surface area contributed by atoms with Gasteiger partial charge in [-0.05, 0) is 19.3 Å². The van der Waals surface area contributed by atoms with Gasteiger partial charge in [0.15, 0.2) is 0 Å². The molecule has 8 nitrogen and oxygen atoms in total. The molecule has 144 valence electrons. The molecule has 2 saturated heterocycles. The Morgan fingerprint density at radius 1 is 1.38 bits per heavy atom. The van der Waals surface area contributed by atoms with Gasteiger partial charge < -0.3 is 14.5 Å². The molecule has 1 spiro atoms. The average Bonchev–Trinajstić information content (AvgIpc) is 3.29. The van der Waals surface area contributed by atoms with E-state index in [1.54, 1.807) is 7.11 Å². The number of amides is 2. The van der Waals surface area contributed by atoms with E-state index in [1.807, 2.05) is 16.7 Å². The van der Waals surface area contributed by atoms with Crippen LogP contribution in [0.25, 0.3) is 0 Å². The van der Waals surface area contributed by atoms with E-state index in [1.165, 1.54) is 11.8 Å². The normalized spacial score (nSPS) is 23.2. The van der Waals surface area contributed by atoms with Crippen LogP contribution in [0.5, 0.6) is 0 Å². The minimum atomic E-state index is -0.397. The lowest BCUT2D eigenvalue weighted by atomic mass is 9.78. The lowest BCUT2D eigenvalue weighted by Gasteiger charge is -2.39. The van der Waals surface area contributed by atoms with Crippen molar-refractivity contribution in [3.8, 4) is 0 Å². The summed E-state index contributed by atoms with van der Waals surface area (Å²) in [6, 6.07) is 0. The third-order valence-corrected chi connectivity index (χ3v) is 6.10. The fraction of sp³-hybridized carbons (Fsp3) is 0.765. The molecule has 1 atom stereocenters. The molecule has 0 aromatic carbocycles. The van der Waals surface area contributed by atoms with Gasteiger partial charge in [0, 0.05) is 39.7 Å². The zero-order valence-electron chi connectivity index (χ0n) is 15.5. The molecule has 2 fully saturated rings. The lowest BCUT2D eigenvalue weighted by Crippen LogP contribution is -2.51. The standard InChI is InChI=1S/C17H27N5O3S/c1-3-13-18-16(20-19-13)26-11-14(23)22-8-6-17(12-22)5-4-7-21(15(17)24)9-10-25-2/h3-12H2,1-2H3,(H,18,19,20). The topological polar surface area (TPSA) is 91.4 Å². The summed E-state index contributed by atoms with van der Waals surface area (Å²) in [4.78, 5) is 33.6. The van der Waals surface area contributed by atoms with Gasteiger partial charge in [0.05, 0.1) is 17.8 Å². The number of methoxy groups -OCH3 is 1. The molecule has 1 aromatic rings. The van der Waals surface area contributed by atoms with E-state index in [0.717, 1.165) is 38.1 Å². The van der Waals surface area contributed by atoms with Gasteiger partial charge in [0.2, 0.25) is 17.0 Å². The summed E-state index contributed by atoms with van der Waals surface area (Å²) in [5, 5.41) is 7.56. The molecular formula is C17H27N5O3S. The van der Waals surface area contributed by atoms with Gasteiger partial charge in [-0.15, -0.1) is 5.10 Å². The second-order valence-corrected chi connectivity index (χ2v) is 7.88. The summed E-state index contributed by atoms with van der Waals surface area (Å²) < 4.78 is 5.11. The van der Waals surface area contributed by atoms with E-state index >= 15 is 0 Å². The Bertz CT molecular complexity index is 652. The van der Waals surface area contributed by atoms with Crippen molar-refractivity contribution in [1.82, 2.24) is 25.0 Å². The second kappa shape index (κ2) is 8.39. The number of piperidine rings is 1. The monoisotopic (exact) mass is 381 g/mol. The number of rotatable bonds is 7. The first-order valence-electron chi connectivity index (χ1n) is 9.18. The number of ether oxygens (including phenoxy) is 1. The van der Waals surface area contributed by atoms with E-state index < -0.39 is 5.41 Å². The Hall–Kier alpha value is -1.61. The number of hydrogen-bond acceptors (Lipinski definition) is 6. The first-order chi connectivity index (χ1) is 12.6. The summed E-state index contributed by atoms with van der Waals surface area (Å²) in [5.74, 6) is 1.37. The molecule has 1 aromatic heterocycles. The van der Waals surface area contributed by atoms with E-state index in [-0.39, 0.29) is 11.8 Å². The number of aryl methyl sites for hydroxylation is 1. The fourth-order valence-corrected chi connectivity index (χ4v) is 4.47. The molecule has 3 heterocycles. The molecule has 0 aliphatic carbocycles.